The van der Waals surface area contributed by atoms with Gasteiger partial charge in [0.25, 0.3) is 5.89 Å². The van der Waals surface area contributed by atoms with Crippen LogP contribution in [0.3, 0.4) is 0 Å². The van der Waals surface area contributed by atoms with E-state index in [0.717, 1.165) is 5.69 Å². The molecule has 0 radical (unpaired) electrons. The summed E-state index contributed by atoms with van der Waals surface area (Å²) >= 11 is 0. The minimum absolute atomic E-state index is 0.146. The third kappa shape index (κ3) is 3.02. The zero-order valence-electron chi connectivity index (χ0n) is 17.7. The summed E-state index contributed by atoms with van der Waals surface area (Å²) in [5.41, 5.74) is 3.99. The van der Waals surface area contributed by atoms with Crippen molar-refractivity contribution in [3.8, 4) is 11.5 Å². The van der Waals surface area contributed by atoms with Crippen LogP contribution in [0.4, 0.5) is 4.39 Å². The molecule has 1 atom stereocenters. The van der Waals surface area contributed by atoms with Crippen molar-refractivity contribution >= 4 is 11.4 Å². The number of carbonyl (C=O) groups is 1. The van der Waals surface area contributed by atoms with Gasteiger partial charge in [0.15, 0.2) is 0 Å². The third-order valence-corrected chi connectivity index (χ3v) is 5.78. The van der Waals surface area contributed by atoms with Crippen LogP contribution in [0.2, 0.25) is 0 Å². The Labute approximate surface area is 185 Å². The zero-order chi connectivity index (χ0) is 22.7. The quantitative estimate of drug-likeness (QED) is 0.420. The van der Waals surface area contributed by atoms with E-state index in [2.05, 4.69) is 30.4 Å². The third-order valence-electron chi connectivity index (χ3n) is 5.78. The van der Waals surface area contributed by atoms with Crippen molar-refractivity contribution in [2.24, 2.45) is 7.05 Å². The number of imidazole rings is 1. The highest BCUT2D eigenvalue weighted by Gasteiger charge is 2.38. The normalized spacial score (nSPS) is 15.8. The number of aromatic nitrogens is 8. The van der Waals surface area contributed by atoms with Crippen LogP contribution in [0.5, 0.6) is 0 Å². The van der Waals surface area contributed by atoms with Crippen LogP contribution >= 0.6 is 0 Å². The minimum atomic E-state index is -0.637. The first-order valence-corrected chi connectivity index (χ1v) is 10.3. The lowest BCUT2D eigenvalue weighted by Gasteiger charge is -2.32. The Kier molecular flexibility index (Phi) is 4.15. The summed E-state index contributed by atoms with van der Waals surface area (Å²) in [7, 11) is 1.79. The molecule has 1 aliphatic heterocycles. The number of nitrogens with one attached hydrogen (secondary N) is 1. The number of halogens is 1. The number of nitrogens with zero attached hydrogens (tertiary/aromatic N) is 8. The second-order valence-corrected chi connectivity index (χ2v) is 7.89. The highest BCUT2D eigenvalue weighted by atomic mass is 19.1. The van der Waals surface area contributed by atoms with Crippen molar-refractivity contribution in [2.45, 2.75) is 19.4 Å². The number of hydrogen-bond donors (Lipinski definition) is 1. The predicted octanol–water partition coefficient (Wildman–Crippen LogP) is 2.08. The molecule has 1 aliphatic rings. The number of aromatic amines is 1. The van der Waals surface area contributed by atoms with E-state index in [9.17, 15) is 9.18 Å². The molecular formula is C21H18FN9O2. The van der Waals surface area contributed by atoms with Crippen LogP contribution < -0.4 is 0 Å². The molecule has 0 bridgehead atoms. The molecule has 5 aromatic heterocycles. The van der Waals surface area contributed by atoms with Crippen LogP contribution in [-0.2, 0) is 13.5 Å². The summed E-state index contributed by atoms with van der Waals surface area (Å²) < 4.78 is 22.9. The Morgan fingerprint density at radius 1 is 1.27 bits per heavy atom. The van der Waals surface area contributed by atoms with E-state index in [4.69, 9.17) is 4.42 Å². The Morgan fingerprint density at radius 3 is 2.94 bits per heavy atom. The first kappa shape index (κ1) is 19.3. The molecular weight excluding hydrogens is 429 g/mol. The van der Waals surface area contributed by atoms with E-state index < -0.39 is 17.9 Å². The van der Waals surface area contributed by atoms with E-state index >= 15 is 0 Å². The molecule has 6 rings (SSSR count). The Balaban J connectivity index is 1.41. The van der Waals surface area contributed by atoms with Crippen molar-refractivity contribution in [2.75, 3.05) is 6.54 Å². The second-order valence-electron chi connectivity index (χ2n) is 7.89. The fraction of sp³-hybridized carbons (Fsp3) is 0.238. The van der Waals surface area contributed by atoms with Gasteiger partial charge in [0, 0.05) is 31.9 Å². The van der Waals surface area contributed by atoms with Gasteiger partial charge < -0.3 is 14.3 Å². The number of H-pyrrole nitrogens is 1. The van der Waals surface area contributed by atoms with Gasteiger partial charge in [-0.15, -0.1) is 10.2 Å². The molecule has 0 aromatic carbocycles. The number of hydrogen-bond acceptors (Lipinski definition) is 7. The first-order chi connectivity index (χ1) is 16.0. The topological polar surface area (TPSA) is 123 Å². The lowest BCUT2D eigenvalue weighted by atomic mass is 9.99. The molecule has 5 aromatic rings. The van der Waals surface area contributed by atoms with Gasteiger partial charge in [0.05, 0.1) is 34.5 Å². The molecule has 0 aliphatic carbocycles. The highest BCUT2D eigenvalue weighted by molar-refractivity contribution is 5.90. The van der Waals surface area contributed by atoms with Gasteiger partial charge in [0.1, 0.15) is 6.04 Å². The first-order valence-electron chi connectivity index (χ1n) is 10.3. The summed E-state index contributed by atoms with van der Waals surface area (Å²) in [5.74, 6) is -0.880. The summed E-state index contributed by atoms with van der Waals surface area (Å²) in [5, 5.41) is 16.7. The maximum absolute atomic E-state index is 14.3. The van der Waals surface area contributed by atoms with Crippen molar-refractivity contribution in [1.29, 1.82) is 0 Å². The Bertz CT molecular complexity index is 1510. The van der Waals surface area contributed by atoms with Crippen LogP contribution in [-0.4, -0.2) is 56.9 Å². The van der Waals surface area contributed by atoms with E-state index in [1.165, 1.54) is 10.6 Å². The van der Waals surface area contributed by atoms with Crippen molar-refractivity contribution in [3.63, 3.8) is 0 Å². The van der Waals surface area contributed by atoms with Gasteiger partial charge in [-0.2, -0.15) is 14.6 Å². The summed E-state index contributed by atoms with van der Waals surface area (Å²) in [6.07, 6.45) is 3.90. The van der Waals surface area contributed by atoms with Crippen molar-refractivity contribution in [1.82, 2.24) is 44.5 Å². The molecule has 166 valence electrons. The molecule has 11 nitrogen and oxygen atoms in total. The van der Waals surface area contributed by atoms with Crippen LogP contribution in [0, 0.1) is 12.9 Å². The smallest absolute Gasteiger partial charge is 0.312 e. The Hall–Kier alpha value is -4.35. The van der Waals surface area contributed by atoms with E-state index in [0.29, 0.717) is 41.1 Å². The van der Waals surface area contributed by atoms with Gasteiger partial charge in [-0.3, -0.25) is 9.48 Å². The lowest BCUT2D eigenvalue weighted by Crippen LogP contribution is -2.41. The number of fused-ring (bicyclic) bond motifs is 2. The van der Waals surface area contributed by atoms with Gasteiger partial charge in [-0.05, 0) is 25.1 Å². The lowest BCUT2D eigenvalue weighted by molar-refractivity contribution is 0.0646. The molecule has 0 spiro atoms. The molecule has 1 N–H and O–H groups in total. The predicted molar refractivity (Wildman–Crippen MR) is 112 cm³/mol. The number of rotatable bonds is 3. The number of pyridine rings is 1. The van der Waals surface area contributed by atoms with Crippen molar-refractivity contribution in [3.05, 3.63) is 71.4 Å². The highest BCUT2D eigenvalue weighted by Crippen LogP contribution is 2.34. The largest absolute Gasteiger partial charge is 0.412 e. The van der Waals surface area contributed by atoms with E-state index in [1.807, 2.05) is 6.92 Å². The van der Waals surface area contributed by atoms with Gasteiger partial charge in [-0.1, -0.05) is 6.07 Å². The molecule has 0 fully saturated rings. The zero-order valence-corrected chi connectivity index (χ0v) is 17.7. The van der Waals surface area contributed by atoms with Gasteiger partial charge in [-0.25, -0.2) is 9.50 Å². The molecule has 33 heavy (non-hydrogen) atoms. The fourth-order valence-corrected chi connectivity index (χ4v) is 4.28. The minimum Gasteiger partial charge on any atom is -0.412 e. The molecule has 12 heteroatoms. The Morgan fingerprint density at radius 2 is 2.15 bits per heavy atom. The maximum Gasteiger partial charge on any atom is 0.312 e. The second kappa shape index (κ2) is 7.08. The standard InChI is InChI=1S/C21H18FN9O2/c1-11-13(9-29(2)27-11)19-25-26-20(33-19)21(32)30-7-6-14-17(24-10-23-14)18(30)15-8-12-4-3-5-16(22)31(12)28-15/h3-5,8-10,18H,6-7H2,1-2H3,(H,23,24)/t18-/m1/s1. The van der Waals surface area contributed by atoms with Crippen LogP contribution in [0.15, 0.2) is 41.2 Å². The van der Waals surface area contributed by atoms with Crippen LogP contribution in [0.25, 0.3) is 17.0 Å². The number of amides is 1. The van der Waals surface area contributed by atoms with Crippen molar-refractivity contribution < 1.29 is 13.6 Å². The molecule has 0 unspecified atom stereocenters. The maximum atomic E-state index is 14.3. The van der Waals surface area contributed by atoms with E-state index in [-0.39, 0.29) is 11.8 Å². The number of carbonyl (C=O) groups excluding carboxylic acids is 1. The van der Waals surface area contributed by atoms with E-state index in [1.54, 1.807) is 47.4 Å². The summed E-state index contributed by atoms with van der Waals surface area (Å²) in [6.45, 7) is 2.20. The number of aryl methyl sites for hydroxylation is 2. The average Bonchev–Trinajstić information content (AvgIpc) is 3.58. The fourth-order valence-electron chi connectivity index (χ4n) is 4.28. The molecule has 1 amide bonds. The average molecular weight is 447 g/mol. The van der Waals surface area contributed by atoms with Gasteiger partial charge in [0.2, 0.25) is 5.95 Å². The molecule has 6 heterocycles. The summed E-state index contributed by atoms with van der Waals surface area (Å²) in [4.78, 5) is 22.6. The SMILES string of the molecule is Cc1nn(C)cc1-c1nnc(C(=O)N2CCc3[nH]cnc3[C@H]2c2cc3cccc(F)n3n2)o1. The molecule has 0 saturated carbocycles. The van der Waals surface area contributed by atoms with Crippen LogP contribution in [0.1, 0.15) is 39.5 Å². The monoisotopic (exact) mass is 447 g/mol. The van der Waals surface area contributed by atoms with Gasteiger partial charge >= 0.3 is 11.8 Å². The molecule has 0 saturated heterocycles. The summed E-state index contributed by atoms with van der Waals surface area (Å²) in [6, 6.07) is 5.80.